The number of amides is 2. The minimum absolute atomic E-state index is 0.0601. The molecule has 1 aromatic carbocycles. The maximum atomic E-state index is 14.2. The van der Waals surface area contributed by atoms with E-state index in [1.807, 2.05) is 24.5 Å². The van der Waals surface area contributed by atoms with Crippen LogP contribution in [0.15, 0.2) is 30.5 Å². The van der Waals surface area contributed by atoms with Gasteiger partial charge < -0.3 is 25.3 Å². The maximum absolute atomic E-state index is 14.2. The number of hydrogen-bond donors (Lipinski definition) is 3. The molecule has 2 aromatic heterocycles. The molecule has 3 fully saturated rings. The number of nitrogens with zero attached hydrogens (tertiary/aromatic N) is 4. The van der Waals surface area contributed by atoms with Gasteiger partial charge in [0.1, 0.15) is 7.14 Å². The lowest BCUT2D eigenvalue weighted by molar-refractivity contribution is -0.117. The van der Waals surface area contributed by atoms with E-state index in [0.29, 0.717) is 22.7 Å². The van der Waals surface area contributed by atoms with Crippen LogP contribution in [-0.2, 0) is 16.4 Å². The lowest BCUT2D eigenvalue weighted by atomic mass is 10.1. The summed E-state index contributed by atoms with van der Waals surface area (Å²) in [4.78, 5) is 25.6. The first kappa shape index (κ1) is 22.1. The molecule has 2 amide bonds. The second-order valence-electron chi connectivity index (χ2n) is 10.4. The highest BCUT2D eigenvalue weighted by Crippen LogP contribution is 2.69. The van der Waals surface area contributed by atoms with Gasteiger partial charge in [-0.15, -0.1) is 5.10 Å². The molecule has 0 radical (unpaired) electrons. The quantitative estimate of drug-likeness (QED) is 0.324. The van der Waals surface area contributed by atoms with Crippen LogP contribution < -0.4 is 26.1 Å². The number of aryl methyl sites for hydroxylation is 1. The van der Waals surface area contributed by atoms with Gasteiger partial charge in [-0.2, -0.15) is 10.2 Å². The Kier molecular flexibility index (Phi) is 5.55. The highest BCUT2D eigenvalue weighted by molar-refractivity contribution is 7.73. The lowest BCUT2D eigenvalue weighted by Gasteiger charge is -2.18. The minimum atomic E-state index is -2.77. The third-order valence-corrected chi connectivity index (χ3v) is 11.9. The zero-order valence-corrected chi connectivity index (χ0v) is 22.6. The van der Waals surface area contributed by atoms with Gasteiger partial charge in [0.25, 0.3) is 5.91 Å². The van der Waals surface area contributed by atoms with Gasteiger partial charge in [-0.25, -0.2) is 0 Å². The predicted octanol–water partition coefficient (Wildman–Crippen LogP) is 3.65. The van der Waals surface area contributed by atoms with Crippen molar-refractivity contribution < 1.29 is 23.0 Å². The van der Waals surface area contributed by atoms with Gasteiger partial charge in [0.15, 0.2) is 11.4 Å². The fourth-order valence-corrected chi connectivity index (χ4v) is 9.10. The Morgan fingerprint density at radius 1 is 1.13 bits per heavy atom. The SMILES string of the molecule is [2H]C([2H])([2H])NC(=O)c1nncc(NC(=O)C2CC2)c1Nc1cccc(-c2cc(P(=O)(C3CC3)C3CC3)n(C)n2)c1OC. The summed E-state index contributed by atoms with van der Waals surface area (Å²) < 4.78 is 44.1. The summed E-state index contributed by atoms with van der Waals surface area (Å²) >= 11 is 0. The Morgan fingerprint density at radius 3 is 2.51 bits per heavy atom. The van der Waals surface area contributed by atoms with Crippen LogP contribution in [0.25, 0.3) is 11.3 Å². The van der Waals surface area contributed by atoms with E-state index in [0.717, 1.165) is 44.0 Å². The number of para-hydroxylation sites is 1. The number of aromatic nitrogens is 4. The van der Waals surface area contributed by atoms with Gasteiger partial charge in [0, 0.05) is 40.9 Å². The number of rotatable bonds is 10. The molecule has 3 N–H and O–H groups in total. The summed E-state index contributed by atoms with van der Waals surface area (Å²) in [6.45, 7) is -2.77. The van der Waals surface area contributed by atoms with Gasteiger partial charge >= 0.3 is 0 Å². The number of carbonyl (C=O) groups is 2. The van der Waals surface area contributed by atoms with E-state index in [2.05, 4.69) is 20.8 Å². The Bertz CT molecular complexity index is 1600. The molecule has 39 heavy (non-hydrogen) atoms. The van der Waals surface area contributed by atoms with Crippen molar-refractivity contribution in [3.8, 4) is 17.0 Å². The molecule has 0 aliphatic heterocycles. The molecule has 3 aromatic rings. The van der Waals surface area contributed by atoms with Gasteiger partial charge in [-0.3, -0.25) is 14.3 Å². The first-order chi connectivity index (χ1) is 20.0. The molecule has 11 nitrogen and oxygen atoms in total. The average molecular weight is 553 g/mol. The van der Waals surface area contributed by atoms with E-state index < -0.39 is 20.0 Å². The molecule has 0 spiro atoms. The number of methoxy groups -OCH3 is 1. The number of carbonyl (C=O) groups excluding carboxylic acids is 2. The molecule has 12 heteroatoms. The van der Waals surface area contributed by atoms with E-state index in [9.17, 15) is 14.2 Å². The summed E-state index contributed by atoms with van der Waals surface area (Å²) in [5.74, 6) is -0.976. The molecule has 0 bridgehead atoms. The number of hydrogen-bond acceptors (Lipinski definition) is 8. The molecule has 0 saturated heterocycles. The molecule has 0 unspecified atom stereocenters. The van der Waals surface area contributed by atoms with Gasteiger partial charge in [-0.1, -0.05) is 6.07 Å². The Balaban J connectivity index is 1.39. The fraction of sp³-hybridized carbons (Fsp3) is 0.444. The van der Waals surface area contributed by atoms with Gasteiger partial charge in [0.2, 0.25) is 5.91 Å². The highest BCUT2D eigenvalue weighted by atomic mass is 31.2. The predicted molar refractivity (Wildman–Crippen MR) is 149 cm³/mol. The van der Waals surface area contributed by atoms with Crippen LogP contribution in [0.5, 0.6) is 5.75 Å². The standard InChI is InChI=1S/C27H32N7O4P/c1-28-27(36)24-23(21(14-29-32-24)31-26(35)15-7-8-15)30-19-6-4-5-18(25(19)38-3)20-13-22(34(2)33-20)39(37,16-9-10-16)17-11-12-17/h4-6,13-17H,7-12H2,1-3H3,(H,28,36)(H,29,30)(H,31,32,35)/i1D3. The lowest BCUT2D eigenvalue weighted by Crippen LogP contribution is -2.23. The Hall–Kier alpha value is -3.72. The van der Waals surface area contributed by atoms with E-state index in [-0.39, 0.29) is 40.2 Å². The zero-order chi connectivity index (χ0) is 29.8. The molecule has 0 atom stereocenters. The topological polar surface area (TPSA) is 140 Å². The minimum Gasteiger partial charge on any atom is -0.494 e. The van der Waals surface area contributed by atoms with Crippen molar-refractivity contribution in [1.82, 2.24) is 25.3 Å². The maximum Gasteiger partial charge on any atom is 0.273 e. The molecule has 3 saturated carbocycles. The summed E-state index contributed by atoms with van der Waals surface area (Å²) in [6, 6.07) is 7.21. The van der Waals surface area contributed by atoms with Crippen molar-refractivity contribution in [2.45, 2.75) is 49.8 Å². The van der Waals surface area contributed by atoms with Crippen LogP contribution in [0, 0.1) is 5.92 Å². The average Bonchev–Trinajstić information content (AvgIpc) is 3.80. The first-order valence-corrected chi connectivity index (χ1v) is 14.9. The van der Waals surface area contributed by atoms with E-state index in [4.69, 9.17) is 13.9 Å². The van der Waals surface area contributed by atoms with Crippen molar-refractivity contribution in [2.24, 2.45) is 13.0 Å². The molecule has 2 heterocycles. The number of anilines is 3. The summed E-state index contributed by atoms with van der Waals surface area (Å²) in [7, 11) is 0.733. The third kappa shape index (κ3) is 4.69. The normalized spacial score (nSPS) is 18.5. The van der Waals surface area contributed by atoms with Gasteiger partial charge in [0.05, 0.1) is 41.5 Å². The largest absolute Gasteiger partial charge is 0.494 e. The van der Waals surface area contributed by atoms with Crippen LogP contribution in [0.3, 0.4) is 0 Å². The molecular weight excluding hydrogens is 517 g/mol. The van der Waals surface area contributed by atoms with Crippen LogP contribution in [0.4, 0.5) is 17.1 Å². The molecule has 3 aliphatic rings. The first-order valence-electron chi connectivity index (χ1n) is 14.6. The Labute approximate surface area is 230 Å². The van der Waals surface area contributed by atoms with Crippen LogP contribution in [0.2, 0.25) is 0 Å². The van der Waals surface area contributed by atoms with Crippen LogP contribution >= 0.6 is 7.14 Å². The summed E-state index contributed by atoms with van der Waals surface area (Å²) in [5.41, 5.74) is 2.76. The molecule has 204 valence electrons. The van der Waals surface area contributed by atoms with E-state index in [1.54, 1.807) is 16.8 Å². The summed E-state index contributed by atoms with van der Waals surface area (Å²) in [6.07, 6.45) is 6.74. The highest BCUT2D eigenvalue weighted by Gasteiger charge is 2.53. The monoisotopic (exact) mass is 552 g/mol. The van der Waals surface area contributed by atoms with E-state index in [1.165, 1.54) is 13.3 Å². The van der Waals surface area contributed by atoms with E-state index >= 15 is 0 Å². The van der Waals surface area contributed by atoms with Crippen molar-refractivity contribution in [1.29, 1.82) is 0 Å². The van der Waals surface area contributed by atoms with Crippen molar-refractivity contribution in [3.05, 3.63) is 36.2 Å². The van der Waals surface area contributed by atoms with Gasteiger partial charge in [-0.05, 0) is 56.7 Å². The fourth-order valence-electron chi connectivity index (χ4n) is 5.10. The third-order valence-electron chi connectivity index (χ3n) is 7.53. The summed E-state index contributed by atoms with van der Waals surface area (Å²) in [5, 5.41) is 20.3. The number of ether oxygens (including phenoxy) is 1. The van der Waals surface area contributed by atoms with Crippen molar-refractivity contribution >= 4 is 41.5 Å². The molecular formula is C27H32N7O4P. The van der Waals surface area contributed by atoms with Crippen LogP contribution in [-0.4, -0.2) is 57.2 Å². The zero-order valence-electron chi connectivity index (χ0n) is 24.7. The van der Waals surface area contributed by atoms with Crippen molar-refractivity contribution in [3.63, 3.8) is 0 Å². The number of nitrogens with one attached hydrogen (secondary N) is 3. The molecule has 3 aliphatic carbocycles. The van der Waals surface area contributed by atoms with Crippen LogP contribution in [0.1, 0.15) is 53.1 Å². The Morgan fingerprint density at radius 2 is 1.87 bits per heavy atom. The second kappa shape index (κ2) is 9.79. The smallest absolute Gasteiger partial charge is 0.273 e. The second-order valence-corrected chi connectivity index (χ2v) is 13.7. The number of benzene rings is 1. The molecule has 6 rings (SSSR count). The van der Waals surface area contributed by atoms with Crippen molar-refractivity contribution in [2.75, 3.05) is 24.7 Å².